The number of rotatable bonds is 4. The molecular formula is C18H19ClF2O. The van der Waals surface area contributed by atoms with E-state index in [4.69, 9.17) is 16.3 Å². The summed E-state index contributed by atoms with van der Waals surface area (Å²) in [6, 6.07) is 12.1. The maximum atomic E-state index is 13.9. The van der Waals surface area contributed by atoms with Crippen molar-refractivity contribution in [3.8, 4) is 5.75 Å². The Bertz CT molecular complexity index is 636. The van der Waals surface area contributed by atoms with Crippen LogP contribution in [0.25, 0.3) is 0 Å². The van der Waals surface area contributed by atoms with Gasteiger partial charge in [0, 0.05) is 5.92 Å². The van der Waals surface area contributed by atoms with E-state index in [0.717, 1.165) is 11.6 Å². The first-order valence-electron chi connectivity index (χ1n) is 7.12. The molecule has 1 unspecified atom stereocenters. The van der Waals surface area contributed by atoms with Gasteiger partial charge in [-0.05, 0) is 23.1 Å². The number of benzene rings is 2. The van der Waals surface area contributed by atoms with Gasteiger partial charge in [0.2, 0.25) is 0 Å². The summed E-state index contributed by atoms with van der Waals surface area (Å²) in [5.41, 5.74) is 0.949. The van der Waals surface area contributed by atoms with Gasteiger partial charge in [-0.3, -0.25) is 0 Å². The van der Waals surface area contributed by atoms with E-state index in [1.165, 1.54) is 6.07 Å². The smallest absolute Gasteiger partial charge is 0.192 e. The molecule has 0 N–H and O–H groups in total. The molecule has 0 amide bonds. The summed E-state index contributed by atoms with van der Waals surface area (Å²) in [6.07, 6.45) is 0. The van der Waals surface area contributed by atoms with Crippen molar-refractivity contribution in [1.82, 2.24) is 0 Å². The average Bonchev–Trinajstić information content (AvgIpc) is 2.46. The van der Waals surface area contributed by atoms with Crippen molar-refractivity contribution < 1.29 is 13.5 Å². The molecule has 118 valence electrons. The van der Waals surface area contributed by atoms with Gasteiger partial charge in [-0.1, -0.05) is 62.7 Å². The molecule has 0 radical (unpaired) electrons. The largest absolute Gasteiger partial charge is 0.487 e. The minimum absolute atomic E-state index is 0.00789. The molecule has 0 bridgehead atoms. The van der Waals surface area contributed by atoms with Gasteiger partial charge in [0.1, 0.15) is 0 Å². The number of hydrogen-bond acceptors (Lipinski definition) is 1. The maximum Gasteiger partial charge on any atom is 0.192 e. The molecule has 0 aliphatic heterocycles. The molecule has 0 aromatic heterocycles. The van der Waals surface area contributed by atoms with Crippen molar-refractivity contribution in [2.45, 2.75) is 26.7 Å². The van der Waals surface area contributed by atoms with Crippen molar-refractivity contribution in [3.05, 3.63) is 64.7 Å². The zero-order valence-corrected chi connectivity index (χ0v) is 13.6. The molecule has 0 saturated carbocycles. The average molecular weight is 325 g/mol. The second kappa shape index (κ2) is 6.66. The Kier molecular flexibility index (Phi) is 5.07. The molecule has 2 aromatic rings. The molecule has 4 heteroatoms. The molecule has 0 aliphatic carbocycles. The van der Waals surface area contributed by atoms with Crippen LogP contribution in [-0.2, 0) is 0 Å². The van der Waals surface area contributed by atoms with E-state index < -0.39 is 17.4 Å². The monoisotopic (exact) mass is 324 g/mol. The van der Waals surface area contributed by atoms with Crippen LogP contribution in [0.3, 0.4) is 0 Å². The van der Waals surface area contributed by atoms with Crippen molar-refractivity contribution in [1.29, 1.82) is 0 Å². The Hall–Kier alpha value is -1.61. The fourth-order valence-electron chi connectivity index (χ4n) is 2.34. The van der Waals surface area contributed by atoms with Crippen LogP contribution in [0.15, 0.2) is 42.5 Å². The van der Waals surface area contributed by atoms with Crippen LogP contribution in [0.5, 0.6) is 5.75 Å². The van der Waals surface area contributed by atoms with E-state index in [-0.39, 0.29) is 23.0 Å². The fraction of sp³-hybridized carbons (Fsp3) is 0.333. The van der Waals surface area contributed by atoms with E-state index in [1.54, 1.807) is 0 Å². The van der Waals surface area contributed by atoms with Gasteiger partial charge in [-0.15, -0.1) is 0 Å². The Labute approximate surface area is 134 Å². The lowest BCUT2D eigenvalue weighted by molar-refractivity contribution is 0.191. The summed E-state index contributed by atoms with van der Waals surface area (Å²) in [5.74, 6) is -2.03. The number of ether oxygens (including phenoxy) is 1. The molecule has 2 rings (SSSR count). The SMILES string of the molecule is CC(C)(C)C(COc1c(F)ccc(Cl)c1F)c1ccccc1. The topological polar surface area (TPSA) is 9.23 Å². The first-order valence-corrected chi connectivity index (χ1v) is 7.49. The standard InChI is InChI=1S/C18H19ClF2O/c1-18(2,3)13(12-7-5-4-6-8-12)11-22-17-15(20)10-9-14(19)16(17)21/h4-10,13H,11H2,1-3H3. The van der Waals surface area contributed by atoms with Crippen molar-refractivity contribution in [3.63, 3.8) is 0 Å². The Morgan fingerprint density at radius 3 is 2.27 bits per heavy atom. The fourth-order valence-corrected chi connectivity index (χ4v) is 2.49. The third kappa shape index (κ3) is 3.77. The minimum Gasteiger partial charge on any atom is -0.487 e. The third-order valence-electron chi connectivity index (χ3n) is 3.64. The summed E-state index contributed by atoms with van der Waals surface area (Å²) >= 11 is 5.69. The van der Waals surface area contributed by atoms with Crippen LogP contribution < -0.4 is 4.74 Å². The first kappa shape index (κ1) is 16.8. The first-order chi connectivity index (χ1) is 10.3. The summed E-state index contributed by atoms with van der Waals surface area (Å²) in [4.78, 5) is 0. The van der Waals surface area contributed by atoms with Crippen LogP contribution in [0, 0.1) is 17.0 Å². The van der Waals surface area contributed by atoms with Gasteiger partial charge in [0.15, 0.2) is 17.4 Å². The van der Waals surface area contributed by atoms with Crippen LogP contribution in [0.1, 0.15) is 32.3 Å². The molecular weight excluding hydrogens is 306 g/mol. The molecule has 1 atom stereocenters. The lowest BCUT2D eigenvalue weighted by Crippen LogP contribution is -2.25. The van der Waals surface area contributed by atoms with Crippen molar-refractivity contribution >= 4 is 11.6 Å². The normalized spacial score (nSPS) is 13.0. The summed E-state index contributed by atoms with van der Waals surface area (Å²) in [7, 11) is 0. The summed E-state index contributed by atoms with van der Waals surface area (Å²) in [6.45, 7) is 6.37. The molecule has 0 fully saturated rings. The molecule has 2 aromatic carbocycles. The predicted octanol–water partition coefficient (Wildman–Crippen LogP) is 5.83. The summed E-state index contributed by atoms with van der Waals surface area (Å²) in [5, 5.41) is -0.150. The minimum atomic E-state index is -0.859. The van der Waals surface area contributed by atoms with Crippen molar-refractivity contribution in [2.75, 3.05) is 6.61 Å². The van der Waals surface area contributed by atoms with Crippen LogP contribution in [0.2, 0.25) is 5.02 Å². The van der Waals surface area contributed by atoms with Gasteiger partial charge in [-0.2, -0.15) is 0 Å². The molecule has 0 heterocycles. The third-order valence-corrected chi connectivity index (χ3v) is 3.94. The molecule has 1 nitrogen and oxygen atoms in total. The van der Waals surface area contributed by atoms with Crippen LogP contribution >= 0.6 is 11.6 Å². The lowest BCUT2D eigenvalue weighted by Gasteiger charge is -2.31. The van der Waals surface area contributed by atoms with Gasteiger partial charge in [0.05, 0.1) is 11.6 Å². The zero-order chi connectivity index (χ0) is 16.3. The van der Waals surface area contributed by atoms with Gasteiger partial charge >= 0.3 is 0 Å². The Morgan fingerprint density at radius 2 is 1.68 bits per heavy atom. The van der Waals surface area contributed by atoms with Gasteiger partial charge in [0.25, 0.3) is 0 Å². The predicted molar refractivity (Wildman–Crippen MR) is 85.5 cm³/mol. The Morgan fingerprint density at radius 1 is 1.05 bits per heavy atom. The lowest BCUT2D eigenvalue weighted by atomic mass is 9.77. The second-order valence-corrected chi connectivity index (χ2v) is 6.72. The molecule has 22 heavy (non-hydrogen) atoms. The maximum absolute atomic E-state index is 13.9. The molecule has 0 aliphatic rings. The second-order valence-electron chi connectivity index (χ2n) is 6.31. The van der Waals surface area contributed by atoms with E-state index in [2.05, 4.69) is 20.8 Å². The number of halogens is 3. The van der Waals surface area contributed by atoms with Gasteiger partial charge < -0.3 is 4.74 Å². The van der Waals surface area contributed by atoms with Crippen molar-refractivity contribution in [2.24, 2.45) is 5.41 Å². The zero-order valence-electron chi connectivity index (χ0n) is 12.9. The highest BCUT2D eigenvalue weighted by Gasteiger charge is 2.28. The molecule has 0 saturated heterocycles. The van der Waals surface area contributed by atoms with E-state index in [9.17, 15) is 8.78 Å². The van der Waals surface area contributed by atoms with E-state index in [0.29, 0.717) is 0 Å². The molecule has 0 spiro atoms. The Balaban J connectivity index is 2.26. The van der Waals surface area contributed by atoms with Crippen LogP contribution in [0.4, 0.5) is 8.78 Å². The van der Waals surface area contributed by atoms with Crippen LogP contribution in [-0.4, -0.2) is 6.61 Å². The van der Waals surface area contributed by atoms with E-state index >= 15 is 0 Å². The summed E-state index contributed by atoms with van der Waals surface area (Å²) < 4.78 is 33.1. The van der Waals surface area contributed by atoms with Gasteiger partial charge in [-0.25, -0.2) is 8.78 Å². The highest BCUT2D eigenvalue weighted by atomic mass is 35.5. The highest BCUT2D eigenvalue weighted by Crippen LogP contribution is 2.36. The highest BCUT2D eigenvalue weighted by molar-refractivity contribution is 6.30. The quantitative estimate of drug-likeness (QED) is 0.643. The number of hydrogen-bond donors (Lipinski definition) is 0. The van der Waals surface area contributed by atoms with E-state index in [1.807, 2.05) is 30.3 Å².